The number of para-hydroxylation sites is 1. The second-order valence-corrected chi connectivity index (χ2v) is 6.80. The van der Waals surface area contributed by atoms with Crippen molar-refractivity contribution in [3.05, 3.63) is 64.8 Å². The molecule has 0 unspecified atom stereocenters. The van der Waals surface area contributed by atoms with E-state index in [4.69, 9.17) is 0 Å². The third kappa shape index (κ3) is 3.06. The smallest absolute Gasteiger partial charge is 0.175 e. The predicted molar refractivity (Wildman–Crippen MR) is 92.1 cm³/mol. The van der Waals surface area contributed by atoms with Crippen LogP contribution in [0.3, 0.4) is 0 Å². The zero-order valence-corrected chi connectivity index (χ0v) is 13.9. The fourth-order valence-corrected chi connectivity index (χ4v) is 3.37. The summed E-state index contributed by atoms with van der Waals surface area (Å²) in [6, 6.07) is 16.0. The minimum atomic E-state index is 0.166. The minimum absolute atomic E-state index is 0.166. The lowest BCUT2D eigenvalue weighted by atomic mass is 10.1. The number of Topliss-reactive ketones (excluding diaryl/α,β-unsaturated/α-hetero) is 1. The molecule has 0 aliphatic heterocycles. The fourth-order valence-electron chi connectivity index (χ4n) is 2.32. The molecule has 21 heavy (non-hydrogen) atoms. The molecule has 2 nitrogen and oxygen atoms in total. The van der Waals surface area contributed by atoms with Gasteiger partial charge in [0.25, 0.3) is 0 Å². The zero-order chi connectivity index (χ0) is 14.8. The molecular weight excluding hydrogens is 346 g/mol. The standard InChI is InChI=1S/C17H14BrNOS/c1-19-10-15(14-4-2-3-5-16(14)19)17(20)11-21-13-8-6-12(18)7-9-13/h2-10H,11H2,1H3. The van der Waals surface area contributed by atoms with Crippen LogP contribution in [0.15, 0.2) is 64.1 Å². The summed E-state index contributed by atoms with van der Waals surface area (Å²) >= 11 is 4.98. The molecule has 2 aromatic carbocycles. The Bertz CT molecular complexity index is 792. The van der Waals surface area contributed by atoms with Gasteiger partial charge < -0.3 is 4.57 Å². The number of fused-ring (bicyclic) bond motifs is 1. The van der Waals surface area contributed by atoms with Crippen molar-refractivity contribution >= 4 is 44.4 Å². The van der Waals surface area contributed by atoms with E-state index in [9.17, 15) is 4.79 Å². The van der Waals surface area contributed by atoms with E-state index in [-0.39, 0.29) is 5.78 Å². The second-order valence-electron chi connectivity index (χ2n) is 4.84. The quantitative estimate of drug-likeness (QED) is 0.487. The summed E-state index contributed by atoms with van der Waals surface area (Å²) in [5.41, 5.74) is 1.90. The van der Waals surface area contributed by atoms with Crippen LogP contribution in [0.5, 0.6) is 0 Å². The van der Waals surface area contributed by atoms with E-state index in [0.717, 1.165) is 25.8 Å². The first kappa shape index (κ1) is 14.4. The number of hydrogen-bond acceptors (Lipinski definition) is 2. The lowest BCUT2D eigenvalue weighted by molar-refractivity contribution is 0.102. The van der Waals surface area contributed by atoms with Gasteiger partial charge in [0.15, 0.2) is 5.78 Å². The topological polar surface area (TPSA) is 22.0 Å². The first-order chi connectivity index (χ1) is 10.1. The molecule has 0 fully saturated rings. The first-order valence-electron chi connectivity index (χ1n) is 6.61. The number of hydrogen-bond donors (Lipinski definition) is 0. The molecule has 1 aromatic heterocycles. The average molecular weight is 360 g/mol. The van der Waals surface area contributed by atoms with Crippen molar-refractivity contribution in [2.75, 3.05) is 5.75 Å². The van der Waals surface area contributed by atoms with Crippen molar-refractivity contribution in [3.8, 4) is 0 Å². The summed E-state index contributed by atoms with van der Waals surface area (Å²) in [6.45, 7) is 0. The highest BCUT2D eigenvalue weighted by molar-refractivity contribution is 9.10. The van der Waals surface area contributed by atoms with Gasteiger partial charge in [-0.05, 0) is 30.3 Å². The van der Waals surface area contributed by atoms with Crippen LogP contribution in [0.4, 0.5) is 0 Å². The Balaban J connectivity index is 1.79. The number of carbonyl (C=O) groups excluding carboxylic acids is 1. The van der Waals surface area contributed by atoms with E-state index in [1.807, 2.05) is 66.3 Å². The van der Waals surface area contributed by atoms with E-state index in [2.05, 4.69) is 15.9 Å². The average Bonchev–Trinajstić information content (AvgIpc) is 2.84. The summed E-state index contributed by atoms with van der Waals surface area (Å²) in [6.07, 6.45) is 1.93. The molecule has 0 aliphatic carbocycles. The Morgan fingerprint density at radius 1 is 1.14 bits per heavy atom. The normalized spacial score (nSPS) is 11.0. The summed E-state index contributed by atoms with van der Waals surface area (Å²) in [5.74, 6) is 0.620. The molecule has 1 heterocycles. The molecule has 106 valence electrons. The van der Waals surface area contributed by atoms with Crippen LogP contribution in [-0.4, -0.2) is 16.1 Å². The SMILES string of the molecule is Cn1cc(C(=O)CSc2ccc(Br)cc2)c2ccccc21. The van der Waals surface area contributed by atoms with Gasteiger partial charge in [-0.2, -0.15) is 0 Å². The molecule has 0 N–H and O–H groups in total. The van der Waals surface area contributed by atoms with Crippen LogP contribution in [-0.2, 0) is 7.05 Å². The van der Waals surface area contributed by atoms with Gasteiger partial charge in [-0.25, -0.2) is 0 Å². The lowest BCUT2D eigenvalue weighted by Gasteiger charge is -2.01. The van der Waals surface area contributed by atoms with E-state index in [1.165, 1.54) is 0 Å². The number of aryl methyl sites for hydroxylation is 1. The van der Waals surface area contributed by atoms with Gasteiger partial charge >= 0.3 is 0 Å². The molecule has 3 rings (SSSR count). The largest absolute Gasteiger partial charge is 0.350 e. The Morgan fingerprint density at radius 3 is 2.62 bits per heavy atom. The van der Waals surface area contributed by atoms with Crippen molar-refractivity contribution in [2.24, 2.45) is 7.05 Å². The number of aromatic nitrogens is 1. The van der Waals surface area contributed by atoms with Crippen molar-refractivity contribution in [3.63, 3.8) is 0 Å². The molecule has 4 heteroatoms. The van der Waals surface area contributed by atoms with Gasteiger partial charge in [0.05, 0.1) is 5.75 Å². The second kappa shape index (κ2) is 6.08. The monoisotopic (exact) mass is 359 g/mol. The lowest BCUT2D eigenvalue weighted by Crippen LogP contribution is -2.01. The van der Waals surface area contributed by atoms with Crippen molar-refractivity contribution in [2.45, 2.75) is 4.90 Å². The van der Waals surface area contributed by atoms with Gasteiger partial charge in [-0.1, -0.05) is 34.1 Å². The molecule has 0 bridgehead atoms. The van der Waals surface area contributed by atoms with Gasteiger partial charge in [-0.15, -0.1) is 11.8 Å². The van der Waals surface area contributed by atoms with Crippen LogP contribution in [0.1, 0.15) is 10.4 Å². The maximum Gasteiger partial charge on any atom is 0.175 e. The highest BCUT2D eigenvalue weighted by Gasteiger charge is 2.13. The summed E-state index contributed by atoms with van der Waals surface area (Å²) in [5, 5.41) is 1.03. The van der Waals surface area contributed by atoms with Crippen molar-refractivity contribution < 1.29 is 4.79 Å². The Morgan fingerprint density at radius 2 is 1.86 bits per heavy atom. The number of rotatable bonds is 4. The number of ketones is 1. The molecular formula is C17H14BrNOS. The van der Waals surface area contributed by atoms with Crippen molar-refractivity contribution in [1.82, 2.24) is 4.57 Å². The van der Waals surface area contributed by atoms with Crippen LogP contribution in [0.25, 0.3) is 10.9 Å². The molecule has 0 saturated heterocycles. The van der Waals surface area contributed by atoms with E-state index in [0.29, 0.717) is 5.75 Å². The molecule has 0 saturated carbocycles. The molecule has 0 aliphatic rings. The molecule has 0 spiro atoms. The number of thioether (sulfide) groups is 1. The number of halogens is 1. The highest BCUT2D eigenvalue weighted by atomic mass is 79.9. The minimum Gasteiger partial charge on any atom is -0.350 e. The van der Waals surface area contributed by atoms with Gasteiger partial charge in [0.1, 0.15) is 0 Å². The molecule has 3 aromatic rings. The Hall–Kier alpha value is -1.52. The number of carbonyl (C=O) groups is 1. The van der Waals surface area contributed by atoms with Crippen LogP contribution >= 0.6 is 27.7 Å². The van der Waals surface area contributed by atoms with E-state index >= 15 is 0 Å². The van der Waals surface area contributed by atoms with Gasteiger partial charge in [0.2, 0.25) is 0 Å². The van der Waals surface area contributed by atoms with Gasteiger partial charge in [0, 0.05) is 39.1 Å². The number of nitrogens with zero attached hydrogens (tertiary/aromatic N) is 1. The molecule has 0 atom stereocenters. The van der Waals surface area contributed by atoms with Gasteiger partial charge in [-0.3, -0.25) is 4.79 Å². The third-order valence-electron chi connectivity index (χ3n) is 3.38. The van der Waals surface area contributed by atoms with Crippen LogP contribution < -0.4 is 0 Å². The molecule has 0 radical (unpaired) electrons. The maximum atomic E-state index is 12.5. The predicted octanol–water partition coefficient (Wildman–Crippen LogP) is 4.92. The van der Waals surface area contributed by atoms with Crippen molar-refractivity contribution in [1.29, 1.82) is 0 Å². The summed E-state index contributed by atoms with van der Waals surface area (Å²) < 4.78 is 3.06. The Labute approximate surface area is 136 Å². The van der Waals surface area contributed by atoms with Crippen LogP contribution in [0.2, 0.25) is 0 Å². The third-order valence-corrected chi connectivity index (χ3v) is 4.92. The fraction of sp³-hybridized carbons (Fsp3) is 0.118. The van der Waals surface area contributed by atoms with E-state index in [1.54, 1.807) is 11.8 Å². The first-order valence-corrected chi connectivity index (χ1v) is 8.38. The van der Waals surface area contributed by atoms with Crippen LogP contribution in [0, 0.1) is 0 Å². The van der Waals surface area contributed by atoms with E-state index < -0.39 is 0 Å². The maximum absolute atomic E-state index is 12.5. The Kier molecular flexibility index (Phi) is 4.17. The summed E-state index contributed by atoms with van der Waals surface area (Å²) in [7, 11) is 1.97. The number of benzene rings is 2. The summed E-state index contributed by atoms with van der Waals surface area (Å²) in [4.78, 5) is 13.6. The molecule has 0 amide bonds. The zero-order valence-electron chi connectivity index (χ0n) is 11.5. The highest BCUT2D eigenvalue weighted by Crippen LogP contribution is 2.25.